The Labute approximate surface area is 168 Å². The number of carbonyl (C=O) groups is 2. The van der Waals surface area contributed by atoms with Crippen LogP contribution in [0.25, 0.3) is 10.9 Å². The van der Waals surface area contributed by atoms with Crippen LogP contribution in [0.15, 0.2) is 42.5 Å². The van der Waals surface area contributed by atoms with Gasteiger partial charge in [-0.2, -0.15) is 18.3 Å². The lowest BCUT2D eigenvalue weighted by molar-refractivity contribution is -0.192. The predicted molar refractivity (Wildman–Crippen MR) is 104 cm³/mol. The molecule has 1 aromatic heterocycles. The number of urea groups is 1. The van der Waals surface area contributed by atoms with E-state index in [0.717, 1.165) is 27.7 Å². The number of halogens is 3. The van der Waals surface area contributed by atoms with Crippen molar-refractivity contribution < 1.29 is 27.9 Å². The number of alkyl halides is 3. The van der Waals surface area contributed by atoms with Gasteiger partial charge in [0.05, 0.1) is 18.1 Å². The summed E-state index contributed by atoms with van der Waals surface area (Å²) in [5.74, 6) is -2.28. The first kappa shape index (κ1) is 21.0. The van der Waals surface area contributed by atoms with E-state index in [1.807, 2.05) is 54.3 Å². The van der Waals surface area contributed by atoms with Crippen molar-refractivity contribution in [1.82, 2.24) is 15.1 Å². The maximum Gasteiger partial charge on any atom is 0.490 e. The van der Waals surface area contributed by atoms with Crippen LogP contribution in [0, 0.1) is 0 Å². The summed E-state index contributed by atoms with van der Waals surface area (Å²) in [6, 6.07) is 13.8. The second-order valence-electron chi connectivity index (χ2n) is 6.61. The Morgan fingerprint density at radius 1 is 1.27 bits per heavy atom. The molecule has 3 aromatic rings. The summed E-state index contributed by atoms with van der Waals surface area (Å²) in [5.41, 5.74) is 9.65. The largest absolute Gasteiger partial charge is 0.490 e. The summed E-state index contributed by atoms with van der Waals surface area (Å²) >= 11 is 0. The first-order chi connectivity index (χ1) is 14.1. The second-order valence-corrected chi connectivity index (χ2v) is 6.61. The van der Waals surface area contributed by atoms with Gasteiger partial charge in [0.25, 0.3) is 0 Å². The Morgan fingerprint density at radius 2 is 1.90 bits per heavy atom. The van der Waals surface area contributed by atoms with Crippen LogP contribution < -0.4 is 11.1 Å². The predicted octanol–water partition coefficient (Wildman–Crippen LogP) is 3.89. The van der Waals surface area contributed by atoms with Crippen LogP contribution in [0.2, 0.25) is 0 Å². The number of amides is 2. The Hall–Kier alpha value is -3.76. The number of aromatic nitrogens is 2. The molecule has 0 saturated heterocycles. The molecule has 8 nitrogen and oxygen atoms in total. The maximum atomic E-state index is 12.5. The molecule has 0 radical (unpaired) electrons. The summed E-state index contributed by atoms with van der Waals surface area (Å²) in [4.78, 5) is 23.2. The van der Waals surface area contributed by atoms with Crippen LogP contribution in [0.1, 0.15) is 24.1 Å². The lowest BCUT2D eigenvalue weighted by Gasteiger charge is -2.34. The van der Waals surface area contributed by atoms with Crippen LogP contribution in [0.4, 0.5) is 29.5 Å². The minimum absolute atomic E-state index is 0.0123. The average Bonchev–Trinajstić information content (AvgIpc) is 3.05. The average molecular weight is 421 g/mol. The zero-order valence-corrected chi connectivity index (χ0v) is 15.7. The number of carbonyl (C=O) groups excluding carboxylic acids is 1. The van der Waals surface area contributed by atoms with E-state index >= 15 is 0 Å². The van der Waals surface area contributed by atoms with Gasteiger partial charge in [-0.25, -0.2) is 9.59 Å². The number of hydrogen-bond donors (Lipinski definition) is 4. The number of nitrogens with two attached hydrogens (primary N) is 1. The highest BCUT2D eigenvalue weighted by molar-refractivity contribution is 5.98. The van der Waals surface area contributed by atoms with E-state index in [9.17, 15) is 18.0 Å². The van der Waals surface area contributed by atoms with Crippen molar-refractivity contribution in [3.8, 4) is 0 Å². The highest BCUT2D eigenvalue weighted by atomic mass is 19.4. The SMILES string of the molecule is CC(c1ccccc1)N1Cc2cc3c(N)n[nH]c3cc2NC1=O.O=C(O)C(F)(F)F. The van der Waals surface area contributed by atoms with Gasteiger partial charge in [0.15, 0.2) is 5.82 Å². The number of nitrogen functional groups attached to an aromatic ring is 1. The van der Waals surface area contributed by atoms with E-state index in [-0.39, 0.29) is 12.1 Å². The minimum Gasteiger partial charge on any atom is -0.475 e. The molecule has 0 aliphatic carbocycles. The van der Waals surface area contributed by atoms with Gasteiger partial charge in [-0.05, 0) is 30.2 Å². The number of fused-ring (bicyclic) bond motifs is 2. The zero-order chi connectivity index (χ0) is 22.1. The van der Waals surface area contributed by atoms with E-state index < -0.39 is 12.1 Å². The minimum atomic E-state index is -5.08. The molecule has 158 valence electrons. The third-order valence-electron chi connectivity index (χ3n) is 4.65. The van der Waals surface area contributed by atoms with Crippen LogP contribution in [-0.2, 0) is 11.3 Å². The first-order valence-electron chi connectivity index (χ1n) is 8.77. The molecule has 4 rings (SSSR count). The first-order valence-corrected chi connectivity index (χ1v) is 8.77. The Kier molecular flexibility index (Phi) is 5.54. The van der Waals surface area contributed by atoms with E-state index in [2.05, 4.69) is 15.5 Å². The van der Waals surface area contributed by atoms with E-state index in [1.54, 1.807) is 0 Å². The molecule has 5 N–H and O–H groups in total. The van der Waals surface area contributed by atoms with Gasteiger partial charge in [0, 0.05) is 11.1 Å². The molecule has 1 aliphatic heterocycles. The van der Waals surface area contributed by atoms with Gasteiger partial charge in [-0.15, -0.1) is 0 Å². The zero-order valence-electron chi connectivity index (χ0n) is 15.7. The molecule has 11 heteroatoms. The summed E-state index contributed by atoms with van der Waals surface area (Å²) in [5, 5.41) is 17.9. The highest BCUT2D eigenvalue weighted by Gasteiger charge is 2.38. The van der Waals surface area contributed by atoms with Crippen LogP contribution in [0.3, 0.4) is 0 Å². The molecule has 0 saturated carbocycles. The molecule has 1 atom stereocenters. The van der Waals surface area contributed by atoms with Crippen molar-refractivity contribution in [3.05, 3.63) is 53.6 Å². The number of nitrogens with one attached hydrogen (secondary N) is 2. The van der Waals surface area contributed by atoms with Crippen molar-refractivity contribution >= 4 is 34.4 Å². The van der Waals surface area contributed by atoms with Crippen LogP contribution >= 0.6 is 0 Å². The van der Waals surface area contributed by atoms with Crippen LogP contribution in [-0.4, -0.2) is 38.4 Å². The molecule has 1 unspecified atom stereocenters. The molecular weight excluding hydrogens is 403 g/mol. The number of rotatable bonds is 2. The van der Waals surface area contributed by atoms with Crippen molar-refractivity contribution in [2.24, 2.45) is 0 Å². The smallest absolute Gasteiger partial charge is 0.475 e. The quantitative estimate of drug-likeness (QED) is 0.500. The van der Waals surface area contributed by atoms with E-state index in [1.165, 1.54) is 0 Å². The van der Waals surface area contributed by atoms with E-state index in [4.69, 9.17) is 15.6 Å². The topological polar surface area (TPSA) is 124 Å². The van der Waals surface area contributed by atoms with E-state index in [0.29, 0.717) is 12.4 Å². The van der Waals surface area contributed by atoms with Gasteiger partial charge in [0.2, 0.25) is 0 Å². The fourth-order valence-corrected chi connectivity index (χ4v) is 3.04. The Balaban J connectivity index is 0.000000318. The number of nitrogens with zero attached hydrogens (tertiary/aromatic N) is 2. The third kappa shape index (κ3) is 4.29. The molecule has 0 fully saturated rings. The van der Waals surface area contributed by atoms with Crippen molar-refractivity contribution in [2.45, 2.75) is 25.7 Å². The number of carboxylic acids is 1. The maximum absolute atomic E-state index is 12.5. The second kappa shape index (κ2) is 7.93. The Bertz CT molecular complexity index is 1080. The molecular formula is C19H18F3N5O3. The lowest BCUT2D eigenvalue weighted by Crippen LogP contribution is -2.40. The number of hydrogen-bond acceptors (Lipinski definition) is 4. The van der Waals surface area contributed by atoms with Crippen LogP contribution in [0.5, 0.6) is 0 Å². The number of H-pyrrole nitrogens is 1. The monoisotopic (exact) mass is 421 g/mol. The fraction of sp³-hybridized carbons (Fsp3) is 0.211. The Morgan fingerprint density at radius 3 is 2.50 bits per heavy atom. The summed E-state index contributed by atoms with van der Waals surface area (Å²) in [6.07, 6.45) is -5.08. The van der Waals surface area contributed by atoms with Crippen molar-refractivity contribution in [2.75, 3.05) is 11.1 Å². The van der Waals surface area contributed by atoms with Crippen molar-refractivity contribution in [3.63, 3.8) is 0 Å². The molecule has 1 aliphatic rings. The molecule has 2 aromatic carbocycles. The lowest BCUT2D eigenvalue weighted by atomic mass is 10.0. The molecule has 0 spiro atoms. The molecule has 30 heavy (non-hydrogen) atoms. The van der Waals surface area contributed by atoms with Crippen molar-refractivity contribution in [1.29, 1.82) is 0 Å². The molecule has 2 heterocycles. The standard InChI is InChI=1S/C17H17N5O.C2HF3O2/c1-10(11-5-3-2-4-6-11)22-9-12-7-13-15(20-21-16(13)18)8-14(12)19-17(22)23;3-2(4,5)1(6)7/h2-8,10H,9H2,1H3,(H,19,23)(H3,18,20,21);(H,6,7). The fourth-order valence-electron chi connectivity index (χ4n) is 3.04. The summed E-state index contributed by atoms with van der Waals surface area (Å²) in [7, 11) is 0. The number of aromatic amines is 1. The third-order valence-corrected chi connectivity index (χ3v) is 4.65. The van der Waals surface area contributed by atoms with Gasteiger partial charge in [-0.1, -0.05) is 30.3 Å². The highest BCUT2D eigenvalue weighted by Crippen LogP contribution is 2.33. The number of carboxylic acid groups (broad SMARTS) is 1. The summed E-state index contributed by atoms with van der Waals surface area (Å²) < 4.78 is 31.7. The van der Waals surface area contributed by atoms with Gasteiger partial charge >= 0.3 is 18.2 Å². The van der Waals surface area contributed by atoms with Gasteiger partial charge in [-0.3, -0.25) is 5.10 Å². The number of benzene rings is 2. The summed E-state index contributed by atoms with van der Waals surface area (Å²) in [6.45, 7) is 2.57. The number of aliphatic carboxylic acids is 1. The normalized spacial score (nSPS) is 14.4. The van der Waals surface area contributed by atoms with Gasteiger partial charge < -0.3 is 21.1 Å². The number of anilines is 2. The molecule has 2 amide bonds. The molecule has 0 bridgehead atoms. The van der Waals surface area contributed by atoms with Gasteiger partial charge in [0.1, 0.15) is 0 Å².